The van der Waals surface area contributed by atoms with E-state index in [9.17, 15) is 4.79 Å². The second-order valence-corrected chi connectivity index (χ2v) is 5.87. The van der Waals surface area contributed by atoms with Crippen molar-refractivity contribution in [3.8, 4) is 0 Å². The summed E-state index contributed by atoms with van der Waals surface area (Å²) in [6.45, 7) is 7.63. The van der Waals surface area contributed by atoms with Crippen LogP contribution in [0.2, 0.25) is 0 Å². The summed E-state index contributed by atoms with van der Waals surface area (Å²) in [7, 11) is 1.63. The smallest absolute Gasteiger partial charge is 0.410 e. The highest BCUT2D eigenvalue weighted by Gasteiger charge is 2.31. The monoisotopic (exact) mass is 274 g/mol. The number of carbonyl (C=O) groups is 1. The van der Waals surface area contributed by atoms with Gasteiger partial charge >= 0.3 is 6.09 Å². The lowest BCUT2D eigenvalue weighted by atomic mass is 10.0. The van der Waals surface area contributed by atoms with Crippen molar-refractivity contribution in [2.45, 2.75) is 44.9 Å². The number of nitrogens with two attached hydrogens (primary N) is 1. The van der Waals surface area contributed by atoms with Crippen LogP contribution >= 0.6 is 0 Å². The first-order chi connectivity index (χ1) is 8.81. The van der Waals surface area contributed by atoms with Crippen molar-refractivity contribution in [3.63, 3.8) is 0 Å². The third-order valence-electron chi connectivity index (χ3n) is 2.74. The number of likely N-dealkylation sites (tertiary alicyclic amines) is 1. The molecule has 1 aliphatic heterocycles. The van der Waals surface area contributed by atoms with Gasteiger partial charge in [0.25, 0.3) is 0 Å². The fraction of sp³-hybridized carbons (Fsp3) is 0.923. The number of nitrogens with zero attached hydrogens (tertiary/aromatic N) is 1. The molecule has 0 aromatic carbocycles. The molecule has 2 atom stereocenters. The first-order valence-electron chi connectivity index (χ1n) is 6.66. The van der Waals surface area contributed by atoms with E-state index in [2.05, 4.69) is 0 Å². The minimum absolute atomic E-state index is 0.0496. The molecule has 6 heteroatoms. The van der Waals surface area contributed by atoms with Crippen LogP contribution in [0.3, 0.4) is 0 Å². The molecule has 112 valence electrons. The lowest BCUT2D eigenvalue weighted by Gasteiger charge is -2.36. The molecule has 0 aliphatic carbocycles. The van der Waals surface area contributed by atoms with E-state index in [0.29, 0.717) is 26.3 Å². The van der Waals surface area contributed by atoms with Gasteiger partial charge in [0.2, 0.25) is 0 Å². The lowest BCUT2D eigenvalue weighted by molar-refractivity contribution is -0.0358. The van der Waals surface area contributed by atoms with Crippen LogP contribution in [-0.4, -0.2) is 62.2 Å². The van der Waals surface area contributed by atoms with Crippen LogP contribution in [0.25, 0.3) is 0 Å². The van der Waals surface area contributed by atoms with Crippen molar-refractivity contribution in [3.05, 3.63) is 0 Å². The summed E-state index contributed by atoms with van der Waals surface area (Å²) in [4.78, 5) is 13.6. The summed E-state index contributed by atoms with van der Waals surface area (Å²) in [6.07, 6.45) is 0.373. The lowest BCUT2D eigenvalue weighted by Crippen LogP contribution is -2.53. The number of rotatable bonds is 4. The summed E-state index contributed by atoms with van der Waals surface area (Å²) < 4.78 is 15.9. The highest BCUT2D eigenvalue weighted by Crippen LogP contribution is 2.16. The van der Waals surface area contributed by atoms with E-state index < -0.39 is 5.60 Å². The first-order valence-corrected chi connectivity index (χ1v) is 6.66. The Bertz CT molecular complexity index is 291. The van der Waals surface area contributed by atoms with Crippen molar-refractivity contribution < 1.29 is 19.0 Å². The molecule has 1 fully saturated rings. The SMILES string of the molecule is COCCOC1C[C@@H](N)CN(C(=O)OC(C)(C)C)C1. The maximum absolute atomic E-state index is 12.0. The molecule has 0 bridgehead atoms. The Morgan fingerprint density at radius 2 is 2.00 bits per heavy atom. The largest absolute Gasteiger partial charge is 0.444 e. The minimum Gasteiger partial charge on any atom is -0.444 e. The van der Waals surface area contributed by atoms with E-state index in [1.54, 1.807) is 12.0 Å². The topological polar surface area (TPSA) is 74.0 Å². The summed E-state index contributed by atoms with van der Waals surface area (Å²) >= 11 is 0. The van der Waals surface area contributed by atoms with Crippen molar-refractivity contribution in [2.75, 3.05) is 33.4 Å². The molecule has 1 rings (SSSR count). The zero-order valence-corrected chi connectivity index (χ0v) is 12.3. The fourth-order valence-electron chi connectivity index (χ4n) is 1.98. The quantitative estimate of drug-likeness (QED) is 0.774. The average molecular weight is 274 g/mol. The number of hydrogen-bond donors (Lipinski definition) is 1. The molecule has 1 saturated heterocycles. The maximum atomic E-state index is 12.0. The Labute approximate surface area is 115 Å². The number of piperidine rings is 1. The predicted octanol–water partition coefficient (Wildman–Crippen LogP) is 0.986. The molecule has 2 N–H and O–H groups in total. The van der Waals surface area contributed by atoms with Crippen molar-refractivity contribution in [1.82, 2.24) is 4.90 Å². The summed E-state index contributed by atoms with van der Waals surface area (Å²) in [5.41, 5.74) is 5.47. The van der Waals surface area contributed by atoms with Gasteiger partial charge in [-0.25, -0.2) is 4.79 Å². The first kappa shape index (κ1) is 16.2. The summed E-state index contributed by atoms with van der Waals surface area (Å²) in [5.74, 6) is 0. The Hall–Kier alpha value is -0.850. The van der Waals surface area contributed by atoms with Crippen LogP contribution in [0, 0.1) is 0 Å². The number of ether oxygens (including phenoxy) is 3. The van der Waals surface area contributed by atoms with Crippen LogP contribution in [0.1, 0.15) is 27.2 Å². The zero-order chi connectivity index (χ0) is 14.5. The van der Waals surface area contributed by atoms with Gasteiger partial charge in [-0.2, -0.15) is 0 Å². The second-order valence-electron chi connectivity index (χ2n) is 5.87. The number of carbonyl (C=O) groups excluding carboxylic acids is 1. The van der Waals surface area contributed by atoms with Crippen LogP contribution in [-0.2, 0) is 14.2 Å². The van der Waals surface area contributed by atoms with Gasteiger partial charge < -0.3 is 24.8 Å². The second kappa shape index (κ2) is 7.07. The molecule has 0 saturated carbocycles. The fourth-order valence-corrected chi connectivity index (χ4v) is 1.98. The molecule has 0 aromatic rings. The van der Waals surface area contributed by atoms with Crippen molar-refractivity contribution in [2.24, 2.45) is 5.73 Å². The van der Waals surface area contributed by atoms with Gasteiger partial charge in [-0.3, -0.25) is 0 Å². The van der Waals surface area contributed by atoms with Gasteiger partial charge in [0.15, 0.2) is 0 Å². The normalized spacial score (nSPS) is 24.4. The summed E-state index contributed by atoms with van der Waals surface area (Å²) in [5, 5.41) is 0. The van der Waals surface area contributed by atoms with E-state index in [4.69, 9.17) is 19.9 Å². The molecule has 0 radical (unpaired) electrons. The molecule has 1 amide bonds. The molecule has 1 heterocycles. The highest BCUT2D eigenvalue weighted by atomic mass is 16.6. The van der Waals surface area contributed by atoms with E-state index >= 15 is 0 Å². The van der Waals surface area contributed by atoms with Gasteiger partial charge in [0.05, 0.1) is 25.9 Å². The molecule has 19 heavy (non-hydrogen) atoms. The van der Waals surface area contributed by atoms with Gasteiger partial charge in [-0.05, 0) is 27.2 Å². The standard InChI is InChI=1S/C13H26N2O4/c1-13(2,3)19-12(16)15-8-10(14)7-11(9-15)18-6-5-17-4/h10-11H,5-9,14H2,1-4H3/t10-,11?/m1/s1. The number of methoxy groups -OCH3 is 1. The van der Waals surface area contributed by atoms with Crippen LogP contribution in [0.4, 0.5) is 4.79 Å². The molecule has 1 aliphatic rings. The third-order valence-corrected chi connectivity index (χ3v) is 2.74. The predicted molar refractivity (Wildman–Crippen MR) is 72.0 cm³/mol. The molecule has 0 aromatic heterocycles. The Kier molecular flexibility index (Phi) is 6.03. The molecule has 1 unspecified atom stereocenters. The molecule has 0 spiro atoms. The maximum Gasteiger partial charge on any atom is 0.410 e. The average Bonchev–Trinajstić information content (AvgIpc) is 2.26. The third kappa shape index (κ3) is 6.22. The van der Waals surface area contributed by atoms with Gasteiger partial charge in [-0.15, -0.1) is 0 Å². The Morgan fingerprint density at radius 1 is 1.32 bits per heavy atom. The van der Waals surface area contributed by atoms with Crippen molar-refractivity contribution >= 4 is 6.09 Å². The van der Waals surface area contributed by atoms with Crippen LogP contribution in [0.5, 0.6) is 0 Å². The van der Waals surface area contributed by atoms with Crippen LogP contribution < -0.4 is 5.73 Å². The van der Waals surface area contributed by atoms with Gasteiger partial charge in [0.1, 0.15) is 5.60 Å². The Balaban J connectivity index is 2.47. The summed E-state index contributed by atoms with van der Waals surface area (Å²) in [6, 6.07) is -0.0752. The van der Waals surface area contributed by atoms with Gasteiger partial charge in [0, 0.05) is 19.7 Å². The van der Waals surface area contributed by atoms with E-state index in [1.807, 2.05) is 20.8 Å². The molecular formula is C13H26N2O4. The minimum atomic E-state index is -0.495. The highest BCUT2D eigenvalue weighted by molar-refractivity contribution is 5.68. The van der Waals surface area contributed by atoms with Gasteiger partial charge in [-0.1, -0.05) is 0 Å². The Morgan fingerprint density at radius 3 is 2.58 bits per heavy atom. The van der Waals surface area contributed by atoms with Crippen molar-refractivity contribution in [1.29, 1.82) is 0 Å². The van der Waals surface area contributed by atoms with E-state index in [-0.39, 0.29) is 18.2 Å². The van der Waals surface area contributed by atoms with E-state index in [0.717, 1.165) is 6.42 Å². The molecular weight excluding hydrogens is 248 g/mol. The van der Waals surface area contributed by atoms with Crippen LogP contribution in [0.15, 0.2) is 0 Å². The number of hydrogen-bond acceptors (Lipinski definition) is 5. The zero-order valence-electron chi connectivity index (χ0n) is 12.3. The molecule has 6 nitrogen and oxygen atoms in total. The number of amides is 1. The van der Waals surface area contributed by atoms with E-state index in [1.165, 1.54) is 0 Å².